The second-order valence-corrected chi connectivity index (χ2v) is 5.12. The molecule has 1 N–H and O–H groups in total. The van der Waals surface area contributed by atoms with E-state index in [1.165, 1.54) is 0 Å². The van der Waals surface area contributed by atoms with Crippen LogP contribution in [0.5, 0.6) is 5.88 Å². The molecule has 0 spiro atoms. The third kappa shape index (κ3) is 3.07. The van der Waals surface area contributed by atoms with E-state index in [0.717, 1.165) is 30.5 Å². The summed E-state index contributed by atoms with van der Waals surface area (Å²) in [6.45, 7) is -0.171. The minimum absolute atomic E-state index is 0.171. The van der Waals surface area contributed by atoms with Gasteiger partial charge in [0.25, 0.3) is 5.91 Å². The Morgan fingerprint density at radius 3 is 2.91 bits per heavy atom. The highest BCUT2D eigenvalue weighted by atomic mass is 16.5. The molecule has 1 aromatic carbocycles. The molecule has 1 aliphatic rings. The van der Waals surface area contributed by atoms with Gasteiger partial charge in [-0.2, -0.15) is 5.26 Å². The molecule has 0 radical (unpaired) electrons. The van der Waals surface area contributed by atoms with Crippen LogP contribution in [0.1, 0.15) is 23.2 Å². The van der Waals surface area contributed by atoms with Crippen LogP contribution >= 0.6 is 0 Å². The Kier molecular flexibility index (Phi) is 4.01. The molecule has 2 aromatic rings. The Bertz CT molecular complexity index is 736. The van der Waals surface area contributed by atoms with Gasteiger partial charge >= 0.3 is 0 Å². The van der Waals surface area contributed by atoms with E-state index in [0.29, 0.717) is 11.3 Å². The van der Waals surface area contributed by atoms with Crippen molar-refractivity contribution in [2.24, 2.45) is 0 Å². The molecule has 0 aliphatic heterocycles. The van der Waals surface area contributed by atoms with Gasteiger partial charge in [0.05, 0.1) is 0 Å². The molecule has 1 heterocycles. The van der Waals surface area contributed by atoms with Crippen molar-refractivity contribution in [3.05, 3.63) is 53.2 Å². The van der Waals surface area contributed by atoms with E-state index < -0.39 is 0 Å². The smallest absolute Gasteiger partial charge is 0.262 e. The molecule has 1 amide bonds. The van der Waals surface area contributed by atoms with Gasteiger partial charge in [-0.25, -0.2) is 4.98 Å². The topological polar surface area (TPSA) is 75.0 Å². The summed E-state index contributed by atoms with van der Waals surface area (Å²) in [4.78, 5) is 16.3. The SMILES string of the molecule is N#Cc1cc2c(nc1OCC(=O)Nc1ccccc1)CCC2. The van der Waals surface area contributed by atoms with E-state index in [9.17, 15) is 10.1 Å². The standard InChI is InChI=1S/C17H15N3O2/c18-10-13-9-12-5-4-8-15(12)20-17(13)22-11-16(21)19-14-6-2-1-3-7-14/h1-3,6-7,9H,4-5,8,11H2,(H,19,21). The lowest BCUT2D eigenvalue weighted by atomic mass is 10.1. The van der Waals surface area contributed by atoms with Crippen molar-refractivity contribution in [2.75, 3.05) is 11.9 Å². The Balaban J connectivity index is 1.66. The second-order valence-electron chi connectivity index (χ2n) is 5.12. The highest BCUT2D eigenvalue weighted by Gasteiger charge is 2.17. The summed E-state index contributed by atoms with van der Waals surface area (Å²) >= 11 is 0. The fraction of sp³-hybridized carbons (Fsp3) is 0.235. The molecule has 1 aliphatic carbocycles. The summed E-state index contributed by atoms with van der Waals surface area (Å²) < 4.78 is 5.44. The quantitative estimate of drug-likeness (QED) is 0.939. The van der Waals surface area contributed by atoms with Crippen LogP contribution in [0.2, 0.25) is 0 Å². The first-order chi connectivity index (χ1) is 10.8. The lowest BCUT2D eigenvalue weighted by Gasteiger charge is -2.09. The van der Waals surface area contributed by atoms with Crippen molar-refractivity contribution in [1.29, 1.82) is 5.26 Å². The lowest BCUT2D eigenvalue weighted by molar-refractivity contribution is -0.118. The Morgan fingerprint density at radius 2 is 2.14 bits per heavy atom. The number of aryl methyl sites for hydroxylation is 2. The third-order valence-electron chi connectivity index (χ3n) is 3.53. The number of pyridine rings is 1. The van der Waals surface area contributed by atoms with Crippen LogP contribution in [0.25, 0.3) is 0 Å². The summed E-state index contributed by atoms with van der Waals surface area (Å²) in [5.74, 6) is -0.0382. The molecule has 0 bridgehead atoms. The van der Waals surface area contributed by atoms with E-state index in [1.807, 2.05) is 24.3 Å². The van der Waals surface area contributed by atoms with Crippen molar-refractivity contribution in [2.45, 2.75) is 19.3 Å². The van der Waals surface area contributed by atoms with Gasteiger partial charge in [0, 0.05) is 11.4 Å². The van der Waals surface area contributed by atoms with E-state index in [-0.39, 0.29) is 18.4 Å². The van der Waals surface area contributed by atoms with Gasteiger partial charge in [0.1, 0.15) is 11.6 Å². The number of benzene rings is 1. The van der Waals surface area contributed by atoms with E-state index in [4.69, 9.17) is 4.74 Å². The van der Waals surface area contributed by atoms with Crippen molar-refractivity contribution in [3.63, 3.8) is 0 Å². The van der Waals surface area contributed by atoms with Crippen LogP contribution < -0.4 is 10.1 Å². The highest BCUT2D eigenvalue weighted by molar-refractivity contribution is 5.91. The number of aromatic nitrogens is 1. The van der Waals surface area contributed by atoms with Crippen molar-refractivity contribution in [1.82, 2.24) is 4.98 Å². The van der Waals surface area contributed by atoms with E-state index in [1.54, 1.807) is 12.1 Å². The normalized spacial score (nSPS) is 12.3. The fourth-order valence-electron chi connectivity index (χ4n) is 2.50. The number of nitrogens with zero attached hydrogens (tertiary/aromatic N) is 2. The molecule has 110 valence electrons. The maximum absolute atomic E-state index is 11.9. The molecule has 5 nitrogen and oxygen atoms in total. The van der Waals surface area contributed by atoms with Crippen molar-refractivity contribution in [3.8, 4) is 11.9 Å². The molecule has 0 fully saturated rings. The monoisotopic (exact) mass is 293 g/mol. The number of rotatable bonds is 4. The fourth-order valence-corrected chi connectivity index (χ4v) is 2.50. The van der Waals surface area contributed by atoms with Crippen LogP contribution in [-0.4, -0.2) is 17.5 Å². The molecule has 3 rings (SSSR count). The zero-order valence-corrected chi connectivity index (χ0v) is 12.0. The van der Waals surface area contributed by atoms with Crippen LogP contribution in [0, 0.1) is 11.3 Å². The molecule has 22 heavy (non-hydrogen) atoms. The third-order valence-corrected chi connectivity index (χ3v) is 3.53. The number of carbonyl (C=O) groups excluding carboxylic acids is 1. The van der Waals surface area contributed by atoms with Crippen molar-refractivity contribution < 1.29 is 9.53 Å². The first-order valence-corrected chi connectivity index (χ1v) is 7.17. The molecule has 0 atom stereocenters. The Labute approximate surface area is 128 Å². The van der Waals surface area contributed by atoms with Crippen LogP contribution in [-0.2, 0) is 17.6 Å². The maximum Gasteiger partial charge on any atom is 0.262 e. The molecular formula is C17H15N3O2. The molecule has 1 aromatic heterocycles. The lowest BCUT2D eigenvalue weighted by Crippen LogP contribution is -2.21. The number of nitriles is 1. The van der Waals surface area contributed by atoms with Gasteiger partial charge in [0.15, 0.2) is 6.61 Å². The largest absolute Gasteiger partial charge is 0.467 e. The van der Waals surface area contributed by atoms with Gasteiger partial charge in [-0.15, -0.1) is 0 Å². The summed E-state index contributed by atoms with van der Waals surface area (Å²) in [6.07, 6.45) is 2.89. The number of hydrogen-bond donors (Lipinski definition) is 1. The zero-order chi connectivity index (χ0) is 15.4. The average Bonchev–Trinajstić information content (AvgIpc) is 3.00. The minimum Gasteiger partial charge on any atom is -0.467 e. The number of hydrogen-bond acceptors (Lipinski definition) is 4. The van der Waals surface area contributed by atoms with Crippen LogP contribution in [0.15, 0.2) is 36.4 Å². The molecule has 0 saturated carbocycles. The first-order valence-electron chi connectivity index (χ1n) is 7.17. The molecule has 5 heteroatoms. The van der Waals surface area contributed by atoms with E-state index >= 15 is 0 Å². The van der Waals surface area contributed by atoms with Crippen LogP contribution in [0.4, 0.5) is 5.69 Å². The number of carbonyl (C=O) groups is 1. The average molecular weight is 293 g/mol. The number of ether oxygens (including phenoxy) is 1. The number of para-hydroxylation sites is 1. The predicted octanol–water partition coefficient (Wildman–Crippen LogP) is 2.46. The second kappa shape index (κ2) is 6.27. The summed E-state index contributed by atoms with van der Waals surface area (Å²) in [6, 6.07) is 13.0. The summed E-state index contributed by atoms with van der Waals surface area (Å²) in [7, 11) is 0. The molecule has 0 saturated heterocycles. The first kappa shape index (κ1) is 14.1. The molecule has 0 unspecified atom stereocenters. The van der Waals surface area contributed by atoms with Crippen molar-refractivity contribution >= 4 is 11.6 Å². The Morgan fingerprint density at radius 1 is 1.32 bits per heavy atom. The number of amides is 1. The molecular weight excluding hydrogens is 278 g/mol. The predicted molar refractivity (Wildman–Crippen MR) is 81.5 cm³/mol. The zero-order valence-electron chi connectivity index (χ0n) is 12.0. The number of anilines is 1. The van der Waals surface area contributed by atoms with Gasteiger partial charge in [-0.1, -0.05) is 18.2 Å². The van der Waals surface area contributed by atoms with Gasteiger partial charge in [-0.05, 0) is 43.0 Å². The maximum atomic E-state index is 11.9. The van der Waals surface area contributed by atoms with Crippen LogP contribution in [0.3, 0.4) is 0 Å². The number of nitrogens with one attached hydrogen (secondary N) is 1. The summed E-state index contributed by atoms with van der Waals surface area (Å²) in [5.41, 5.74) is 3.17. The minimum atomic E-state index is -0.280. The van der Waals surface area contributed by atoms with Gasteiger partial charge in [-0.3, -0.25) is 4.79 Å². The Hall–Kier alpha value is -2.87. The van der Waals surface area contributed by atoms with E-state index in [2.05, 4.69) is 16.4 Å². The summed E-state index contributed by atoms with van der Waals surface area (Å²) in [5, 5.41) is 11.9. The highest BCUT2D eigenvalue weighted by Crippen LogP contribution is 2.26. The van der Waals surface area contributed by atoms with Gasteiger partial charge < -0.3 is 10.1 Å². The van der Waals surface area contributed by atoms with Gasteiger partial charge in [0.2, 0.25) is 5.88 Å². The number of fused-ring (bicyclic) bond motifs is 1.